The normalized spacial score (nSPS) is 22.8. The second kappa shape index (κ2) is 6.40. The van der Waals surface area contributed by atoms with Gasteiger partial charge in [0.05, 0.1) is 0 Å². The Balaban J connectivity index is 0.00000180. The first-order chi connectivity index (χ1) is 8.49. The molecule has 0 aromatic heterocycles. The predicted octanol–water partition coefficient (Wildman–Crippen LogP) is 2.55. The van der Waals surface area contributed by atoms with Crippen LogP contribution in [0.1, 0.15) is 35.3 Å². The number of amides is 1. The molecule has 1 N–H and O–H groups in total. The monoisotopic (exact) mass is 282 g/mol. The topological polar surface area (TPSA) is 32.3 Å². The largest absolute Gasteiger partial charge is 0.333 e. The van der Waals surface area contributed by atoms with Crippen LogP contribution in [0.3, 0.4) is 0 Å². The molecule has 1 aliphatic heterocycles. The van der Waals surface area contributed by atoms with Crippen molar-refractivity contribution < 1.29 is 4.79 Å². The van der Waals surface area contributed by atoms with Crippen molar-refractivity contribution in [1.29, 1.82) is 0 Å². The summed E-state index contributed by atoms with van der Waals surface area (Å²) in [5.41, 5.74) is 3.04. The van der Waals surface area contributed by atoms with E-state index in [1.807, 2.05) is 30.9 Å². The molecule has 0 saturated carbocycles. The Morgan fingerprint density at radius 2 is 2.00 bits per heavy atom. The maximum absolute atomic E-state index is 12.6. The van der Waals surface area contributed by atoms with Gasteiger partial charge in [-0.1, -0.05) is 17.7 Å². The van der Waals surface area contributed by atoms with E-state index in [1.54, 1.807) is 0 Å². The molecule has 0 spiro atoms. The first-order valence-electron chi connectivity index (χ1n) is 6.60. The fourth-order valence-electron chi connectivity index (χ4n) is 2.43. The summed E-state index contributed by atoms with van der Waals surface area (Å²) >= 11 is 0. The molecular weight excluding hydrogens is 260 g/mol. The van der Waals surface area contributed by atoms with E-state index in [-0.39, 0.29) is 24.4 Å². The van der Waals surface area contributed by atoms with Gasteiger partial charge in [0.2, 0.25) is 0 Å². The SMILES string of the molecule is Cc1ccc(C)c(C(=O)N2CC(C)NCC2C)c1.Cl. The van der Waals surface area contributed by atoms with Gasteiger partial charge < -0.3 is 10.2 Å². The summed E-state index contributed by atoms with van der Waals surface area (Å²) in [5.74, 6) is 0.164. The lowest BCUT2D eigenvalue weighted by molar-refractivity contribution is 0.0615. The van der Waals surface area contributed by atoms with Gasteiger partial charge in [-0.3, -0.25) is 4.79 Å². The van der Waals surface area contributed by atoms with Gasteiger partial charge in [0.1, 0.15) is 0 Å². The second-order valence-corrected chi connectivity index (χ2v) is 5.43. The van der Waals surface area contributed by atoms with Crippen molar-refractivity contribution in [1.82, 2.24) is 10.2 Å². The number of aryl methyl sites for hydroxylation is 2. The smallest absolute Gasteiger partial charge is 0.254 e. The number of benzene rings is 1. The Morgan fingerprint density at radius 3 is 2.68 bits per heavy atom. The number of rotatable bonds is 1. The van der Waals surface area contributed by atoms with Crippen LogP contribution in [-0.2, 0) is 0 Å². The maximum atomic E-state index is 12.6. The van der Waals surface area contributed by atoms with Crippen molar-refractivity contribution >= 4 is 18.3 Å². The van der Waals surface area contributed by atoms with Crippen molar-refractivity contribution in [3.05, 3.63) is 34.9 Å². The second-order valence-electron chi connectivity index (χ2n) is 5.43. The predicted molar refractivity (Wildman–Crippen MR) is 81.1 cm³/mol. The van der Waals surface area contributed by atoms with Crippen LogP contribution < -0.4 is 5.32 Å². The lowest BCUT2D eigenvalue weighted by Gasteiger charge is -2.37. The fourth-order valence-corrected chi connectivity index (χ4v) is 2.43. The molecule has 1 aliphatic rings. The van der Waals surface area contributed by atoms with Crippen LogP contribution >= 0.6 is 12.4 Å². The van der Waals surface area contributed by atoms with Crippen LogP contribution in [0.2, 0.25) is 0 Å². The third-order valence-electron chi connectivity index (χ3n) is 3.65. The van der Waals surface area contributed by atoms with Gasteiger partial charge in [0.25, 0.3) is 5.91 Å². The number of piperazine rings is 1. The number of halogens is 1. The molecular formula is C15H23ClN2O. The Kier molecular flexibility index (Phi) is 5.39. The van der Waals surface area contributed by atoms with E-state index in [0.29, 0.717) is 6.04 Å². The highest BCUT2D eigenvalue weighted by Crippen LogP contribution is 2.17. The van der Waals surface area contributed by atoms with Crippen molar-refractivity contribution in [3.63, 3.8) is 0 Å². The van der Waals surface area contributed by atoms with Gasteiger partial charge in [-0.05, 0) is 39.3 Å². The summed E-state index contributed by atoms with van der Waals surface area (Å²) in [7, 11) is 0. The summed E-state index contributed by atoms with van der Waals surface area (Å²) in [4.78, 5) is 14.6. The van der Waals surface area contributed by atoms with Gasteiger partial charge in [0.15, 0.2) is 0 Å². The van der Waals surface area contributed by atoms with Gasteiger partial charge in [-0.2, -0.15) is 0 Å². The van der Waals surface area contributed by atoms with Crippen LogP contribution in [0.15, 0.2) is 18.2 Å². The van der Waals surface area contributed by atoms with Gasteiger partial charge >= 0.3 is 0 Å². The molecule has 2 atom stereocenters. The summed E-state index contributed by atoms with van der Waals surface area (Å²) in [6, 6.07) is 6.70. The zero-order chi connectivity index (χ0) is 13.3. The Morgan fingerprint density at radius 1 is 1.32 bits per heavy atom. The number of carbonyl (C=O) groups is 1. The van der Waals surface area contributed by atoms with Gasteiger partial charge in [-0.25, -0.2) is 0 Å². The summed E-state index contributed by atoms with van der Waals surface area (Å²) in [6.45, 7) is 9.91. The molecule has 19 heavy (non-hydrogen) atoms. The Labute approximate surface area is 121 Å². The molecule has 0 aliphatic carbocycles. The number of nitrogens with zero attached hydrogens (tertiary/aromatic N) is 1. The number of nitrogens with one attached hydrogen (secondary N) is 1. The van der Waals surface area contributed by atoms with Gasteiger partial charge in [-0.15, -0.1) is 12.4 Å². The fraction of sp³-hybridized carbons (Fsp3) is 0.533. The molecule has 1 saturated heterocycles. The molecule has 1 amide bonds. The van der Waals surface area contributed by atoms with E-state index >= 15 is 0 Å². The van der Waals surface area contributed by atoms with E-state index in [1.165, 1.54) is 0 Å². The Hall–Kier alpha value is -1.06. The highest BCUT2D eigenvalue weighted by atomic mass is 35.5. The zero-order valence-electron chi connectivity index (χ0n) is 12.1. The summed E-state index contributed by atoms with van der Waals surface area (Å²) in [5, 5.41) is 3.40. The molecule has 2 rings (SSSR count). The molecule has 1 heterocycles. The first-order valence-corrected chi connectivity index (χ1v) is 6.60. The van der Waals surface area contributed by atoms with Crippen LogP contribution in [0.25, 0.3) is 0 Å². The Bertz CT molecular complexity index is 461. The molecule has 2 unspecified atom stereocenters. The third-order valence-corrected chi connectivity index (χ3v) is 3.65. The van der Waals surface area contributed by atoms with E-state index in [2.05, 4.69) is 25.2 Å². The van der Waals surface area contributed by atoms with E-state index in [0.717, 1.165) is 29.8 Å². The van der Waals surface area contributed by atoms with Crippen molar-refractivity contribution in [2.75, 3.05) is 13.1 Å². The van der Waals surface area contributed by atoms with Gasteiger partial charge in [0, 0.05) is 30.7 Å². The highest BCUT2D eigenvalue weighted by Gasteiger charge is 2.27. The lowest BCUT2D eigenvalue weighted by Crippen LogP contribution is -2.56. The van der Waals surface area contributed by atoms with Crippen LogP contribution in [-0.4, -0.2) is 36.0 Å². The molecule has 1 fully saturated rings. The van der Waals surface area contributed by atoms with Crippen LogP contribution in [0.4, 0.5) is 0 Å². The molecule has 0 radical (unpaired) electrons. The average molecular weight is 283 g/mol. The van der Waals surface area contributed by atoms with Crippen LogP contribution in [0, 0.1) is 13.8 Å². The minimum atomic E-state index is 0. The van der Waals surface area contributed by atoms with Crippen molar-refractivity contribution in [3.8, 4) is 0 Å². The molecule has 1 aromatic carbocycles. The van der Waals surface area contributed by atoms with Crippen molar-refractivity contribution in [2.45, 2.75) is 39.8 Å². The number of hydrogen-bond donors (Lipinski definition) is 1. The number of hydrogen-bond acceptors (Lipinski definition) is 2. The van der Waals surface area contributed by atoms with E-state index < -0.39 is 0 Å². The summed E-state index contributed by atoms with van der Waals surface area (Å²) in [6.07, 6.45) is 0. The summed E-state index contributed by atoms with van der Waals surface area (Å²) < 4.78 is 0. The minimum Gasteiger partial charge on any atom is -0.333 e. The average Bonchev–Trinajstić information content (AvgIpc) is 2.34. The molecule has 106 valence electrons. The lowest BCUT2D eigenvalue weighted by atomic mass is 10.0. The molecule has 3 nitrogen and oxygen atoms in total. The van der Waals surface area contributed by atoms with Crippen molar-refractivity contribution in [2.24, 2.45) is 0 Å². The molecule has 4 heteroatoms. The third kappa shape index (κ3) is 3.48. The standard InChI is InChI=1S/C15H22N2O.ClH/c1-10-5-6-11(2)14(7-10)15(18)17-9-12(3)16-8-13(17)4;/h5-7,12-13,16H,8-9H2,1-4H3;1H. The quantitative estimate of drug-likeness (QED) is 0.859. The molecule has 0 bridgehead atoms. The first kappa shape index (κ1) is 16.0. The van der Waals surface area contributed by atoms with Crippen LogP contribution in [0.5, 0.6) is 0 Å². The minimum absolute atomic E-state index is 0. The zero-order valence-corrected chi connectivity index (χ0v) is 12.9. The molecule has 1 aromatic rings. The van der Waals surface area contributed by atoms with E-state index in [4.69, 9.17) is 0 Å². The highest BCUT2D eigenvalue weighted by molar-refractivity contribution is 5.96. The van der Waals surface area contributed by atoms with E-state index in [9.17, 15) is 4.79 Å². The number of carbonyl (C=O) groups excluding carboxylic acids is 1. The maximum Gasteiger partial charge on any atom is 0.254 e.